The summed E-state index contributed by atoms with van der Waals surface area (Å²) in [7, 11) is 0. The van der Waals surface area contributed by atoms with E-state index in [1.165, 1.54) is 49.4 Å². The summed E-state index contributed by atoms with van der Waals surface area (Å²) in [6.07, 6.45) is 15.2. The van der Waals surface area contributed by atoms with Crippen molar-refractivity contribution in [1.82, 2.24) is 0 Å². The van der Waals surface area contributed by atoms with E-state index in [1.54, 1.807) is 5.56 Å². The molecule has 22 heavy (non-hydrogen) atoms. The van der Waals surface area contributed by atoms with Crippen LogP contribution >= 0.6 is 15.9 Å². The minimum Gasteiger partial charge on any atom is -0.0842 e. The largest absolute Gasteiger partial charge is 0.0842 e. The summed E-state index contributed by atoms with van der Waals surface area (Å²) in [5.74, 6) is 3.39. The Morgan fingerprint density at radius 2 is 1.73 bits per heavy atom. The topological polar surface area (TPSA) is 0 Å². The first-order valence-corrected chi connectivity index (χ1v) is 9.99. The molecule has 1 aromatic rings. The Labute approximate surface area is 143 Å². The summed E-state index contributed by atoms with van der Waals surface area (Å²) in [6, 6.07) is 9.22. The SMILES string of the molecule is CCCCCC[C@H]1[C@@H](c2ccc(Br)cc2)[C@@H]2C=C[C@H]1C21CC1. The third kappa shape index (κ3) is 2.31. The van der Waals surface area contributed by atoms with Crippen LogP contribution in [0.25, 0.3) is 0 Å². The van der Waals surface area contributed by atoms with E-state index in [1.807, 2.05) is 0 Å². The van der Waals surface area contributed by atoms with Gasteiger partial charge < -0.3 is 0 Å². The van der Waals surface area contributed by atoms with Gasteiger partial charge in [-0.25, -0.2) is 0 Å². The highest BCUT2D eigenvalue weighted by atomic mass is 79.9. The van der Waals surface area contributed by atoms with Crippen molar-refractivity contribution in [2.75, 3.05) is 0 Å². The predicted octanol–water partition coefficient (Wildman–Crippen LogP) is 6.72. The fraction of sp³-hybridized carbons (Fsp3) is 0.619. The first-order chi connectivity index (χ1) is 10.8. The van der Waals surface area contributed by atoms with Crippen LogP contribution in [0.15, 0.2) is 40.9 Å². The molecule has 2 fully saturated rings. The standard InChI is InChI=1S/C21H27Br/c1-2-3-4-5-6-17-18-11-12-19(21(18)13-14-21)20(17)15-7-9-16(22)10-8-15/h7-12,17-20H,2-6,13-14H2,1H3/t17-,18-,19+,20-/m1/s1. The minimum absolute atomic E-state index is 0.688. The van der Waals surface area contributed by atoms with Gasteiger partial charge in [0, 0.05) is 4.47 Å². The van der Waals surface area contributed by atoms with E-state index in [2.05, 4.69) is 59.3 Å². The zero-order valence-electron chi connectivity index (χ0n) is 13.6. The molecule has 2 saturated carbocycles. The van der Waals surface area contributed by atoms with E-state index in [9.17, 15) is 0 Å². The molecule has 0 radical (unpaired) electrons. The molecule has 0 N–H and O–H groups in total. The van der Waals surface area contributed by atoms with Crippen molar-refractivity contribution in [1.29, 1.82) is 0 Å². The number of benzene rings is 1. The maximum Gasteiger partial charge on any atom is 0.0175 e. The van der Waals surface area contributed by atoms with Crippen LogP contribution in [-0.2, 0) is 0 Å². The Morgan fingerprint density at radius 3 is 2.41 bits per heavy atom. The summed E-state index contributed by atoms with van der Waals surface area (Å²) in [5.41, 5.74) is 2.28. The molecule has 0 aliphatic heterocycles. The van der Waals surface area contributed by atoms with Gasteiger partial charge in [0.25, 0.3) is 0 Å². The van der Waals surface area contributed by atoms with Crippen molar-refractivity contribution in [2.24, 2.45) is 23.2 Å². The van der Waals surface area contributed by atoms with Gasteiger partial charge in [-0.2, -0.15) is 0 Å². The van der Waals surface area contributed by atoms with Crippen LogP contribution in [0.1, 0.15) is 63.4 Å². The van der Waals surface area contributed by atoms with Crippen LogP contribution in [0.2, 0.25) is 0 Å². The number of allylic oxidation sites excluding steroid dienone is 2. The van der Waals surface area contributed by atoms with Crippen LogP contribution in [0, 0.1) is 23.2 Å². The van der Waals surface area contributed by atoms with Crippen molar-refractivity contribution in [3.05, 3.63) is 46.5 Å². The zero-order chi connectivity index (χ0) is 15.2. The lowest BCUT2D eigenvalue weighted by Crippen LogP contribution is -2.17. The van der Waals surface area contributed by atoms with E-state index in [0.29, 0.717) is 5.41 Å². The van der Waals surface area contributed by atoms with Crippen molar-refractivity contribution in [3.63, 3.8) is 0 Å². The Morgan fingerprint density at radius 1 is 1.00 bits per heavy atom. The van der Waals surface area contributed by atoms with Crippen LogP contribution in [0.4, 0.5) is 0 Å². The highest BCUT2D eigenvalue weighted by Crippen LogP contribution is 2.74. The first-order valence-electron chi connectivity index (χ1n) is 9.20. The van der Waals surface area contributed by atoms with Crippen molar-refractivity contribution in [3.8, 4) is 0 Å². The van der Waals surface area contributed by atoms with Gasteiger partial charge in [-0.05, 0) is 66.0 Å². The highest BCUT2D eigenvalue weighted by molar-refractivity contribution is 9.10. The van der Waals surface area contributed by atoms with E-state index >= 15 is 0 Å². The summed E-state index contributed by atoms with van der Waals surface area (Å²) >= 11 is 3.59. The van der Waals surface area contributed by atoms with Crippen molar-refractivity contribution >= 4 is 15.9 Å². The highest BCUT2D eigenvalue weighted by Gasteiger charge is 2.66. The molecule has 0 heterocycles. The van der Waals surface area contributed by atoms with Gasteiger partial charge >= 0.3 is 0 Å². The molecule has 3 aliphatic rings. The van der Waals surface area contributed by atoms with Crippen LogP contribution in [-0.4, -0.2) is 0 Å². The number of halogens is 1. The summed E-state index contributed by atoms with van der Waals surface area (Å²) in [4.78, 5) is 0. The lowest BCUT2D eigenvalue weighted by Gasteiger charge is -2.28. The lowest BCUT2D eigenvalue weighted by molar-refractivity contribution is 0.330. The number of hydrogen-bond donors (Lipinski definition) is 0. The fourth-order valence-electron chi connectivity index (χ4n) is 5.50. The molecule has 4 rings (SSSR count). The molecule has 0 nitrogen and oxygen atoms in total. The average Bonchev–Trinajstić information content (AvgIpc) is 3.19. The molecule has 0 aromatic heterocycles. The van der Waals surface area contributed by atoms with Gasteiger partial charge in [0.15, 0.2) is 0 Å². The Kier molecular flexibility index (Phi) is 3.97. The minimum atomic E-state index is 0.688. The van der Waals surface area contributed by atoms with E-state index in [-0.39, 0.29) is 0 Å². The van der Waals surface area contributed by atoms with Gasteiger partial charge in [-0.15, -0.1) is 0 Å². The predicted molar refractivity (Wildman–Crippen MR) is 96.9 cm³/mol. The molecule has 3 aliphatic carbocycles. The summed E-state index contributed by atoms with van der Waals surface area (Å²) < 4.78 is 1.20. The Balaban J connectivity index is 1.57. The average molecular weight is 359 g/mol. The van der Waals surface area contributed by atoms with Crippen molar-refractivity contribution < 1.29 is 0 Å². The molecule has 118 valence electrons. The van der Waals surface area contributed by atoms with Gasteiger partial charge in [-0.1, -0.05) is 72.8 Å². The van der Waals surface area contributed by atoms with E-state index < -0.39 is 0 Å². The molecule has 1 spiro atoms. The van der Waals surface area contributed by atoms with E-state index in [0.717, 1.165) is 23.7 Å². The molecule has 1 aromatic carbocycles. The molecule has 4 atom stereocenters. The number of rotatable bonds is 6. The van der Waals surface area contributed by atoms with Crippen LogP contribution in [0.3, 0.4) is 0 Å². The summed E-state index contributed by atoms with van der Waals surface area (Å²) in [5, 5.41) is 0. The van der Waals surface area contributed by atoms with Gasteiger partial charge in [0.05, 0.1) is 0 Å². The molecular weight excluding hydrogens is 332 g/mol. The third-order valence-electron chi connectivity index (χ3n) is 6.64. The lowest BCUT2D eigenvalue weighted by atomic mass is 9.76. The summed E-state index contributed by atoms with van der Waals surface area (Å²) in [6.45, 7) is 2.31. The molecule has 0 unspecified atom stereocenters. The smallest absolute Gasteiger partial charge is 0.0175 e. The first kappa shape index (κ1) is 15.0. The zero-order valence-corrected chi connectivity index (χ0v) is 15.2. The second kappa shape index (κ2) is 5.82. The van der Waals surface area contributed by atoms with Gasteiger partial charge in [0.1, 0.15) is 0 Å². The molecule has 0 saturated heterocycles. The molecule has 2 bridgehead atoms. The van der Waals surface area contributed by atoms with Crippen LogP contribution < -0.4 is 0 Å². The second-order valence-electron chi connectivity index (χ2n) is 7.76. The number of hydrogen-bond acceptors (Lipinski definition) is 0. The fourth-order valence-corrected chi connectivity index (χ4v) is 5.76. The maximum absolute atomic E-state index is 3.59. The Hall–Kier alpha value is -0.560. The van der Waals surface area contributed by atoms with Gasteiger partial charge in [-0.3, -0.25) is 0 Å². The quantitative estimate of drug-likeness (QED) is 0.391. The maximum atomic E-state index is 3.59. The molecular formula is C21H27Br. The monoisotopic (exact) mass is 358 g/mol. The van der Waals surface area contributed by atoms with Crippen molar-refractivity contribution in [2.45, 2.75) is 57.8 Å². The Bertz CT molecular complexity index is 552. The number of unbranched alkanes of at least 4 members (excludes halogenated alkanes) is 3. The van der Waals surface area contributed by atoms with E-state index in [4.69, 9.17) is 0 Å². The third-order valence-corrected chi connectivity index (χ3v) is 7.16. The molecule has 1 heteroatoms. The van der Waals surface area contributed by atoms with Crippen LogP contribution in [0.5, 0.6) is 0 Å². The molecule has 0 amide bonds. The normalized spacial score (nSPS) is 33.7. The second-order valence-corrected chi connectivity index (χ2v) is 8.68. The van der Waals surface area contributed by atoms with Gasteiger partial charge in [0.2, 0.25) is 0 Å².